The summed E-state index contributed by atoms with van der Waals surface area (Å²) in [4.78, 5) is 20.7. The van der Waals surface area contributed by atoms with Crippen molar-refractivity contribution < 1.29 is 59.7 Å². The number of hydrogen-bond donors (Lipinski definition) is 0. The summed E-state index contributed by atoms with van der Waals surface area (Å²) in [5.41, 5.74) is -4.62. The van der Waals surface area contributed by atoms with Crippen LogP contribution >= 0.6 is 0 Å². The Morgan fingerprint density at radius 2 is 0.971 bits per heavy atom. The van der Waals surface area contributed by atoms with Crippen LogP contribution in [0.5, 0.6) is 5.75 Å². The van der Waals surface area contributed by atoms with Crippen molar-refractivity contribution in [2.45, 2.75) is 0 Å². The zero-order chi connectivity index (χ0) is 25.9. The molecule has 0 saturated carbocycles. The number of ether oxygens (including phenoxy) is 1. The maximum atomic E-state index is 13.7. The maximum Gasteiger partial charge on any atom is 0.204 e. The number of benzene rings is 3. The maximum absolute atomic E-state index is 13.7. The van der Waals surface area contributed by atoms with Crippen molar-refractivity contribution in [1.82, 2.24) is 0 Å². The van der Waals surface area contributed by atoms with Crippen molar-refractivity contribution in [3.05, 3.63) is 88.0 Å². The van der Waals surface area contributed by atoms with Gasteiger partial charge in [0, 0.05) is 0 Å². The number of halogens is 8. The van der Waals surface area contributed by atoms with E-state index in [-0.39, 0.29) is 5.56 Å². The van der Waals surface area contributed by atoms with Crippen LogP contribution in [0.4, 0.5) is 35.1 Å². The van der Waals surface area contributed by atoms with Crippen LogP contribution in [0.3, 0.4) is 0 Å². The third-order valence-corrected chi connectivity index (χ3v) is 4.16. The number of carbonyl (C=O) groups is 2. The van der Waals surface area contributed by atoms with E-state index >= 15 is 0 Å². The molecule has 0 fully saturated rings. The van der Waals surface area contributed by atoms with Gasteiger partial charge in [0.05, 0.1) is 35.7 Å². The second-order valence-electron chi connectivity index (χ2n) is 6.11. The summed E-state index contributed by atoms with van der Waals surface area (Å²) in [6, 6.07) is 6.84. The number of carbonyl (C=O) groups excluding carboxylic acids is 2. The third kappa shape index (κ3) is 4.63. The molecule has 0 atom stereocenters. The first-order chi connectivity index (χ1) is 15.9. The molecule has 34 heavy (non-hydrogen) atoms. The highest BCUT2D eigenvalue weighted by Gasteiger charge is 2.27. The molecule has 180 valence electrons. The second-order valence-corrected chi connectivity index (χ2v) is 6.11. The highest BCUT2D eigenvalue weighted by atomic mass is 19.2. The van der Waals surface area contributed by atoms with Gasteiger partial charge >= 0.3 is 0 Å². The molecular formula is C21H8F8O5-2. The zero-order valence-electron chi connectivity index (χ0n) is 16.5. The fraction of sp³-hybridized carbons (Fsp3) is 0.0476. The van der Waals surface area contributed by atoms with E-state index in [0.29, 0.717) is 0 Å². The summed E-state index contributed by atoms with van der Waals surface area (Å²) >= 11 is 0. The zero-order valence-corrected chi connectivity index (χ0v) is 16.5. The average molecular weight is 492 g/mol. The van der Waals surface area contributed by atoms with Crippen LogP contribution in [0.15, 0.2) is 30.3 Å². The Balaban J connectivity index is 0.000000248. The normalized spacial score (nSPS) is 10.4. The smallest absolute Gasteiger partial charge is 0.204 e. The van der Waals surface area contributed by atoms with Crippen molar-refractivity contribution in [3.63, 3.8) is 0 Å². The van der Waals surface area contributed by atoms with Crippen molar-refractivity contribution in [3.8, 4) is 16.9 Å². The van der Waals surface area contributed by atoms with E-state index in [2.05, 4.69) is 4.74 Å². The van der Waals surface area contributed by atoms with Gasteiger partial charge in [-0.15, -0.1) is 0 Å². The molecular weight excluding hydrogens is 484 g/mol. The molecule has 0 unspecified atom stereocenters. The van der Waals surface area contributed by atoms with Gasteiger partial charge < -0.3 is 24.5 Å². The predicted molar refractivity (Wildman–Crippen MR) is 93.2 cm³/mol. The number of carboxylic acid groups (broad SMARTS) is 2. The first-order valence-corrected chi connectivity index (χ1v) is 8.60. The first-order valence-electron chi connectivity index (χ1n) is 8.60. The van der Waals surface area contributed by atoms with E-state index in [1.54, 1.807) is 6.07 Å². The Kier molecular flexibility index (Phi) is 7.82. The largest absolute Gasteiger partial charge is 0.545 e. The Morgan fingerprint density at radius 1 is 0.618 bits per heavy atom. The van der Waals surface area contributed by atoms with Gasteiger partial charge in [-0.2, -0.15) is 8.78 Å². The lowest BCUT2D eigenvalue weighted by molar-refractivity contribution is -0.256. The van der Waals surface area contributed by atoms with Crippen molar-refractivity contribution in [2.24, 2.45) is 0 Å². The molecule has 0 spiro atoms. The Morgan fingerprint density at radius 3 is 1.29 bits per heavy atom. The van der Waals surface area contributed by atoms with Crippen molar-refractivity contribution in [2.75, 3.05) is 7.11 Å². The van der Waals surface area contributed by atoms with Crippen LogP contribution in [-0.4, -0.2) is 19.0 Å². The molecule has 0 aromatic heterocycles. The lowest BCUT2D eigenvalue weighted by Crippen LogP contribution is -2.26. The van der Waals surface area contributed by atoms with E-state index in [4.69, 9.17) is 0 Å². The minimum absolute atomic E-state index is 0.111. The molecule has 3 rings (SSSR count). The fourth-order valence-electron chi connectivity index (χ4n) is 2.64. The molecule has 5 nitrogen and oxygen atoms in total. The number of rotatable bonds is 4. The molecule has 13 heteroatoms. The van der Waals surface area contributed by atoms with E-state index in [0.717, 1.165) is 7.11 Å². The van der Waals surface area contributed by atoms with E-state index in [1.807, 2.05) is 0 Å². The molecule has 0 aliphatic rings. The average Bonchev–Trinajstić information content (AvgIpc) is 2.78. The van der Waals surface area contributed by atoms with Gasteiger partial charge in [0.25, 0.3) is 0 Å². The van der Waals surface area contributed by atoms with Gasteiger partial charge in [0.15, 0.2) is 40.7 Å². The Hall–Kier alpha value is -4.16. The Bertz CT molecular complexity index is 1220. The summed E-state index contributed by atoms with van der Waals surface area (Å²) in [5.74, 6) is -21.5. The molecule has 3 aromatic rings. The lowest BCUT2D eigenvalue weighted by Gasteiger charge is -2.12. The van der Waals surface area contributed by atoms with E-state index in [9.17, 15) is 54.9 Å². The molecule has 0 saturated heterocycles. The van der Waals surface area contributed by atoms with Gasteiger partial charge in [-0.05, 0) is 5.56 Å². The monoisotopic (exact) mass is 492 g/mol. The topological polar surface area (TPSA) is 89.5 Å². The van der Waals surface area contributed by atoms with Crippen LogP contribution in [-0.2, 0) is 0 Å². The molecule has 3 aromatic carbocycles. The molecule has 0 aliphatic carbocycles. The molecule has 0 bridgehead atoms. The molecule has 0 radical (unpaired) electrons. The summed E-state index contributed by atoms with van der Waals surface area (Å²) in [6.07, 6.45) is 0. The number of methoxy groups -OCH3 is 1. The van der Waals surface area contributed by atoms with Crippen LogP contribution < -0.4 is 14.9 Å². The van der Waals surface area contributed by atoms with E-state index in [1.165, 1.54) is 24.3 Å². The number of carboxylic acids is 2. The van der Waals surface area contributed by atoms with Gasteiger partial charge in [-0.1, -0.05) is 30.3 Å². The SMILES string of the molecule is COc1c(F)c(F)c(C(=O)[O-])c(F)c1F.O=C([O-])c1c(F)c(F)c(-c2ccccc2)c(F)c1F. The first kappa shape index (κ1) is 26.1. The molecule has 0 amide bonds. The standard InChI is InChI=1S/C13H6F4O2.C8H4F4O3/c14-9-7(6-4-2-1-3-5-6)10(15)12(17)8(11(9)16)13(18)19;1-15-7-5(11)3(9)2(8(13)14)4(10)6(7)12/h1-5H,(H,18,19);1H3,(H,13,14)/p-2. The fourth-order valence-corrected chi connectivity index (χ4v) is 2.64. The third-order valence-electron chi connectivity index (χ3n) is 4.16. The summed E-state index contributed by atoms with van der Waals surface area (Å²) in [5, 5.41) is 20.7. The van der Waals surface area contributed by atoms with Crippen LogP contribution in [0.2, 0.25) is 0 Å². The molecule has 0 aliphatic heterocycles. The minimum Gasteiger partial charge on any atom is -0.545 e. The number of aromatic carboxylic acids is 2. The highest BCUT2D eigenvalue weighted by Crippen LogP contribution is 2.32. The van der Waals surface area contributed by atoms with Gasteiger partial charge in [-0.25, -0.2) is 26.3 Å². The summed E-state index contributed by atoms with van der Waals surface area (Å²) in [6.45, 7) is 0. The molecule has 0 heterocycles. The summed E-state index contributed by atoms with van der Waals surface area (Å²) in [7, 11) is 0.777. The minimum atomic E-state index is -2.36. The van der Waals surface area contributed by atoms with Crippen LogP contribution in [0, 0.1) is 46.5 Å². The van der Waals surface area contributed by atoms with Gasteiger partial charge in [0.2, 0.25) is 11.6 Å². The molecule has 0 N–H and O–H groups in total. The van der Waals surface area contributed by atoms with Crippen molar-refractivity contribution >= 4 is 11.9 Å². The summed E-state index contributed by atoms with van der Waals surface area (Å²) < 4.78 is 110. The Labute approximate surface area is 184 Å². The van der Waals surface area contributed by atoms with Crippen LogP contribution in [0.1, 0.15) is 20.7 Å². The van der Waals surface area contributed by atoms with Gasteiger partial charge in [0.1, 0.15) is 0 Å². The highest BCUT2D eigenvalue weighted by molar-refractivity contribution is 5.88. The second kappa shape index (κ2) is 10.2. The van der Waals surface area contributed by atoms with Crippen LogP contribution in [0.25, 0.3) is 11.1 Å². The van der Waals surface area contributed by atoms with Gasteiger partial charge in [-0.3, -0.25) is 0 Å². The van der Waals surface area contributed by atoms with E-state index < -0.39 is 80.9 Å². The number of hydrogen-bond acceptors (Lipinski definition) is 5. The predicted octanol–water partition coefficient (Wildman–Crippen LogP) is 2.89. The quantitative estimate of drug-likeness (QED) is 0.413. The lowest BCUT2D eigenvalue weighted by atomic mass is 10.0. The van der Waals surface area contributed by atoms with Crippen molar-refractivity contribution in [1.29, 1.82) is 0 Å².